The highest BCUT2D eigenvalue weighted by Crippen LogP contribution is 2.08. The molecule has 0 aromatic carbocycles. The molecule has 5 heteroatoms. The normalized spacial score (nSPS) is 12.2. The molecule has 0 saturated heterocycles. The van der Waals surface area contributed by atoms with Crippen LogP contribution < -0.4 is 0 Å². The third-order valence-electron chi connectivity index (χ3n) is 0.961. The van der Waals surface area contributed by atoms with E-state index in [1.165, 1.54) is 0 Å². The van der Waals surface area contributed by atoms with Crippen LogP contribution in [0.25, 0.3) is 0 Å². The number of thioether (sulfide) groups is 1. The Morgan fingerprint density at radius 2 is 2.18 bits per heavy atom. The van der Waals surface area contributed by atoms with Crippen LogP contribution in [0, 0.1) is 0 Å². The average molecular weight is 178 g/mol. The van der Waals surface area contributed by atoms with Crippen LogP contribution in [0.1, 0.15) is 6.92 Å². The van der Waals surface area contributed by atoms with Crippen molar-refractivity contribution >= 4 is 23.7 Å². The third-order valence-corrected chi connectivity index (χ3v) is 1.83. The fraction of sp³-hybridized carbons (Fsp3) is 0.667. The molecule has 1 unspecified atom stereocenters. The predicted molar refractivity (Wildman–Crippen MR) is 41.6 cm³/mol. The summed E-state index contributed by atoms with van der Waals surface area (Å²) in [5, 5.41) is 7.36. The van der Waals surface area contributed by atoms with Crippen molar-refractivity contribution in [1.82, 2.24) is 0 Å². The number of carboxylic acids is 1. The van der Waals surface area contributed by atoms with Gasteiger partial charge in [0.25, 0.3) is 0 Å². The summed E-state index contributed by atoms with van der Waals surface area (Å²) in [5.74, 6) is -1.84. The summed E-state index contributed by atoms with van der Waals surface area (Å²) in [6, 6.07) is 0. The van der Waals surface area contributed by atoms with Gasteiger partial charge in [0, 0.05) is 0 Å². The zero-order chi connectivity index (χ0) is 8.85. The van der Waals surface area contributed by atoms with Crippen LogP contribution in [0.5, 0.6) is 0 Å². The molecule has 0 aliphatic rings. The van der Waals surface area contributed by atoms with Gasteiger partial charge in [-0.25, -0.2) is 0 Å². The summed E-state index contributed by atoms with van der Waals surface area (Å²) in [6.07, 6.45) is 1.55. The number of hydrogen-bond acceptors (Lipinski definition) is 4. The maximum atomic E-state index is 10.8. The lowest BCUT2D eigenvalue weighted by molar-refractivity contribution is -0.149. The highest BCUT2D eigenvalue weighted by molar-refractivity contribution is 8.00. The third kappa shape index (κ3) is 3.27. The molecule has 0 spiro atoms. The van der Waals surface area contributed by atoms with Crippen molar-refractivity contribution in [3.8, 4) is 0 Å². The summed E-state index contributed by atoms with van der Waals surface area (Å²) in [7, 11) is 0. The van der Waals surface area contributed by atoms with Gasteiger partial charge in [0.2, 0.25) is 0 Å². The summed E-state index contributed by atoms with van der Waals surface area (Å²) in [6.45, 7) is 1.85. The van der Waals surface area contributed by atoms with Crippen LogP contribution in [0.15, 0.2) is 0 Å². The molecule has 1 atom stereocenters. The lowest BCUT2D eigenvalue weighted by atomic mass is 10.4. The van der Waals surface area contributed by atoms with E-state index >= 15 is 0 Å². The molecule has 64 valence electrons. The maximum Gasteiger partial charge on any atom is 0.330 e. The first kappa shape index (κ1) is 10.3. The molecule has 0 fully saturated rings. The van der Waals surface area contributed by atoms with E-state index in [0.717, 1.165) is 11.8 Å². The smallest absolute Gasteiger partial charge is 0.330 e. The van der Waals surface area contributed by atoms with Crippen molar-refractivity contribution in [3.05, 3.63) is 0 Å². The molecule has 0 saturated carbocycles. The predicted octanol–water partition coefficient (Wildman–Crippen LogP) is 0.366. The number of rotatable bonds is 4. The Morgan fingerprint density at radius 3 is 2.45 bits per heavy atom. The van der Waals surface area contributed by atoms with Gasteiger partial charge in [0.05, 0.1) is 6.61 Å². The summed E-state index contributed by atoms with van der Waals surface area (Å²) in [5.41, 5.74) is 0. The zero-order valence-corrected chi connectivity index (χ0v) is 7.18. The van der Waals surface area contributed by atoms with Crippen LogP contribution in [-0.4, -0.2) is 35.2 Å². The van der Waals surface area contributed by atoms with Gasteiger partial charge in [-0.2, -0.15) is 0 Å². The van der Waals surface area contributed by atoms with Gasteiger partial charge in [-0.15, -0.1) is 11.8 Å². The lowest BCUT2D eigenvalue weighted by Crippen LogP contribution is -2.28. The van der Waals surface area contributed by atoms with Crippen LogP contribution in [0.2, 0.25) is 0 Å². The quantitative estimate of drug-likeness (QED) is 0.497. The number of hydrogen-bond donors (Lipinski definition) is 1. The van der Waals surface area contributed by atoms with E-state index in [2.05, 4.69) is 4.74 Å². The first-order chi connectivity index (χ1) is 5.13. The van der Waals surface area contributed by atoms with E-state index in [1.807, 2.05) is 0 Å². The first-order valence-corrected chi connectivity index (χ1v) is 4.34. The molecule has 1 N–H and O–H groups in total. The molecule has 4 nitrogen and oxygen atoms in total. The van der Waals surface area contributed by atoms with E-state index < -0.39 is 17.2 Å². The van der Waals surface area contributed by atoms with Gasteiger partial charge >= 0.3 is 11.9 Å². The van der Waals surface area contributed by atoms with E-state index in [0.29, 0.717) is 0 Å². The maximum absolute atomic E-state index is 10.8. The molecular weight excluding hydrogens is 168 g/mol. The molecule has 0 aromatic heterocycles. The zero-order valence-electron chi connectivity index (χ0n) is 6.36. The van der Waals surface area contributed by atoms with Gasteiger partial charge < -0.3 is 9.84 Å². The number of carboxylic acid groups (broad SMARTS) is 1. The highest BCUT2D eigenvalue weighted by Gasteiger charge is 2.25. The summed E-state index contributed by atoms with van der Waals surface area (Å²) < 4.78 is 4.52. The van der Waals surface area contributed by atoms with Gasteiger partial charge in [-0.05, 0) is 13.2 Å². The summed E-state index contributed by atoms with van der Waals surface area (Å²) in [4.78, 5) is 21.1. The van der Waals surface area contributed by atoms with Crippen molar-refractivity contribution in [1.29, 1.82) is 0 Å². The minimum Gasteiger partial charge on any atom is -0.480 e. The number of carbonyl (C=O) groups excluding carboxylic acids is 1. The number of ether oxygens (including phenoxy) is 1. The molecule has 0 rings (SSSR count). The topological polar surface area (TPSA) is 63.6 Å². The van der Waals surface area contributed by atoms with Gasteiger partial charge in [0.15, 0.2) is 5.25 Å². The molecule has 0 heterocycles. The Morgan fingerprint density at radius 1 is 1.64 bits per heavy atom. The number of carbonyl (C=O) groups is 2. The minimum atomic E-state index is -1.16. The van der Waals surface area contributed by atoms with Crippen molar-refractivity contribution in [2.75, 3.05) is 12.9 Å². The fourth-order valence-electron chi connectivity index (χ4n) is 0.516. The second-order valence-corrected chi connectivity index (χ2v) is 2.65. The molecule has 11 heavy (non-hydrogen) atoms. The van der Waals surface area contributed by atoms with E-state index in [4.69, 9.17) is 5.11 Å². The van der Waals surface area contributed by atoms with Gasteiger partial charge in [-0.3, -0.25) is 9.59 Å². The van der Waals surface area contributed by atoms with Crippen molar-refractivity contribution in [3.63, 3.8) is 0 Å². The Hall–Kier alpha value is -0.710. The summed E-state index contributed by atoms with van der Waals surface area (Å²) >= 11 is 0.952. The van der Waals surface area contributed by atoms with Crippen LogP contribution in [-0.2, 0) is 14.3 Å². The monoisotopic (exact) mass is 178 g/mol. The second-order valence-electron chi connectivity index (χ2n) is 1.71. The Labute approximate surface area is 68.9 Å². The van der Waals surface area contributed by atoms with E-state index in [1.54, 1.807) is 13.2 Å². The molecule has 0 bridgehead atoms. The Balaban J connectivity index is 4.03. The fourth-order valence-corrected chi connectivity index (χ4v) is 0.978. The average Bonchev–Trinajstić information content (AvgIpc) is 1.88. The van der Waals surface area contributed by atoms with E-state index in [-0.39, 0.29) is 6.61 Å². The van der Waals surface area contributed by atoms with Crippen molar-refractivity contribution < 1.29 is 19.4 Å². The SMILES string of the molecule is CCOC(=O)C(SC)C(=O)O. The van der Waals surface area contributed by atoms with Gasteiger partial charge in [0.1, 0.15) is 0 Å². The lowest BCUT2D eigenvalue weighted by Gasteiger charge is -2.06. The standard InChI is InChI=1S/C6H10O4S/c1-3-10-6(9)4(11-2)5(7)8/h4H,3H2,1-2H3,(H,7,8). The van der Waals surface area contributed by atoms with E-state index in [9.17, 15) is 9.59 Å². The number of aliphatic carboxylic acids is 1. The largest absolute Gasteiger partial charge is 0.480 e. The number of esters is 1. The Kier molecular flexibility index (Phi) is 4.69. The van der Waals surface area contributed by atoms with Crippen molar-refractivity contribution in [2.24, 2.45) is 0 Å². The second kappa shape index (κ2) is 5.01. The van der Waals surface area contributed by atoms with Crippen LogP contribution in [0.4, 0.5) is 0 Å². The molecular formula is C6H10O4S. The molecule has 0 aromatic rings. The highest BCUT2D eigenvalue weighted by atomic mass is 32.2. The molecule has 0 radical (unpaired) electrons. The minimum absolute atomic E-state index is 0.211. The Bertz CT molecular complexity index is 157. The molecule has 0 aliphatic heterocycles. The van der Waals surface area contributed by atoms with Crippen LogP contribution in [0.3, 0.4) is 0 Å². The molecule has 0 amide bonds. The van der Waals surface area contributed by atoms with Crippen molar-refractivity contribution in [2.45, 2.75) is 12.2 Å². The first-order valence-electron chi connectivity index (χ1n) is 3.05. The van der Waals surface area contributed by atoms with Gasteiger partial charge in [-0.1, -0.05) is 0 Å². The molecule has 0 aliphatic carbocycles. The van der Waals surface area contributed by atoms with Crippen LogP contribution >= 0.6 is 11.8 Å².